The molecule has 0 radical (unpaired) electrons. The number of aryl methyl sites for hydroxylation is 1. The highest BCUT2D eigenvalue weighted by molar-refractivity contribution is 7.92. The number of carbonyl (C=O) groups excluding carboxylic acids is 2. The molecule has 0 fully saturated rings. The van der Waals surface area contributed by atoms with Gasteiger partial charge in [0.1, 0.15) is 12.6 Å². The molecule has 0 aliphatic carbocycles. The second-order valence-electron chi connectivity index (χ2n) is 9.40. The third kappa shape index (κ3) is 7.36. The van der Waals surface area contributed by atoms with Gasteiger partial charge in [0, 0.05) is 17.6 Å². The lowest BCUT2D eigenvalue weighted by molar-refractivity contribution is -0.140. The van der Waals surface area contributed by atoms with Gasteiger partial charge in [0.2, 0.25) is 11.8 Å². The number of anilines is 1. The molecule has 202 valence electrons. The van der Waals surface area contributed by atoms with Crippen molar-refractivity contribution in [3.8, 4) is 0 Å². The zero-order valence-electron chi connectivity index (χ0n) is 22.1. The zero-order valence-corrected chi connectivity index (χ0v) is 23.7. The Kier molecular flexibility index (Phi) is 9.94. The van der Waals surface area contributed by atoms with Gasteiger partial charge in [0.05, 0.1) is 10.6 Å². The average Bonchev–Trinajstić information content (AvgIpc) is 2.88. The second-order valence-corrected chi connectivity index (χ2v) is 11.7. The summed E-state index contributed by atoms with van der Waals surface area (Å²) < 4.78 is 28.7. The molecule has 1 atom stereocenters. The Balaban J connectivity index is 2.04. The molecule has 3 rings (SSSR count). The minimum Gasteiger partial charge on any atom is -0.352 e. The van der Waals surface area contributed by atoms with Crippen LogP contribution in [0.1, 0.15) is 38.3 Å². The third-order valence-corrected chi connectivity index (χ3v) is 8.06. The van der Waals surface area contributed by atoms with Crippen molar-refractivity contribution in [2.45, 2.75) is 57.6 Å². The number of halogens is 1. The molecule has 0 aliphatic rings. The lowest BCUT2D eigenvalue weighted by Crippen LogP contribution is -2.53. The highest BCUT2D eigenvalue weighted by Gasteiger charge is 2.33. The minimum atomic E-state index is -4.13. The number of hydrogen-bond acceptors (Lipinski definition) is 4. The molecule has 0 bridgehead atoms. The van der Waals surface area contributed by atoms with Crippen LogP contribution in [0.15, 0.2) is 83.8 Å². The summed E-state index contributed by atoms with van der Waals surface area (Å²) in [6.45, 7) is 7.11. The topological polar surface area (TPSA) is 86.8 Å². The summed E-state index contributed by atoms with van der Waals surface area (Å²) in [6, 6.07) is 21.2. The van der Waals surface area contributed by atoms with Crippen LogP contribution < -0.4 is 9.62 Å². The first-order valence-corrected chi connectivity index (χ1v) is 14.3. The maximum atomic E-state index is 13.9. The molecular formula is C29H34ClN3O4S. The van der Waals surface area contributed by atoms with E-state index < -0.39 is 28.5 Å². The Morgan fingerprint density at radius 2 is 1.53 bits per heavy atom. The monoisotopic (exact) mass is 555 g/mol. The van der Waals surface area contributed by atoms with Crippen LogP contribution in [0.4, 0.5) is 5.69 Å². The first-order valence-electron chi connectivity index (χ1n) is 12.5. The number of nitrogens with zero attached hydrogens (tertiary/aromatic N) is 2. The van der Waals surface area contributed by atoms with E-state index in [0.29, 0.717) is 17.1 Å². The third-order valence-electron chi connectivity index (χ3n) is 6.02. The van der Waals surface area contributed by atoms with Crippen molar-refractivity contribution in [2.24, 2.45) is 0 Å². The number of benzene rings is 3. The molecule has 1 N–H and O–H groups in total. The zero-order chi connectivity index (χ0) is 27.9. The normalized spacial score (nSPS) is 12.2. The molecule has 3 aromatic carbocycles. The van der Waals surface area contributed by atoms with Crippen molar-refractivity contribution >= 4 is 39.1 Å². The van der Waals surface area contributed by atoms with Crippen molar-refractivity contribution < 1.29 is 18.0 Å². The number of nitrogens with one attached hydrogen (secondary N) is 1. The smallest absolute Gasteiger partial charge is 0.264 e. The number of carbonyl (C=O) groups is 2. The molecule has 0 aromatic heterocycles. The van der Waals surface area contributed by atoms with Gasteiger partial charge in [-0.15, -0.1) is 0 Å². The van der Waals surface area contributed by atoms with Gasteiger partial charge in [0.15, 0.2) is 0 Å². The van der Waals surface area contributed by atoms with Crippen LogP contribution >= 0.6 is 11.6 Å². The Hall–Kier alpha value is -3.36. The summed E-state index contributed by atoms with van der Waals surface area (Å²) in [7, 11) is -4.13. The summed E-state index contributed by atoms with van der Waals surface area (Å²) in [5, 5.41) is 3.29. The quantitative estimate of drug-likeness (QED) is 0.353. The standard InChI is InChI=1S/C29H34ClN3O4S/c1-5-27(29(35)31-21(2)3)32(19-23-9-7-6-8-10-23)28(34)20-33(25-15-11-22(4)12-16-25)38(36,37)26-17-13-24(30)14-18-26/h6-18,21,27H,5,19-20H2,1-4H3,(H,31,35)/t27-/m0/s1. The van der Waals surface area contributed by atoms with Crippen LogP contribution in [0.25, 0.3) is 0 Å². The van der Waals surface area contributed by atoms with E-state index in [9.17, 15) is 18.0 Å². The summed E-state index contributed by atoms with van der Waals surface area (Å²) in [4.78, 5) is 28.5. The largest absolute Gasteiger partial charge is 0.352 e. The Morgan fingerprint density at radius 1 is 0.921 bits per heavy atom. The predicted octanol–water partition coefficient (Wildman–Crippen LogP) is 5.18. The van der Waals surface area contributed by atoms with E-state index in [2.05, 4.69) is 5.32 Å². The van der Waals surface area contributed by atoms with E-state index in [-0.39, 0.29) is 23.4 Å². The Morgan fingerprint density at radius 3 is 2.08 bits per heavy atom. The molecule has 38 heavy (non-hydrogen) atoms. The fourth-order valence-corrected chi connectivity index (χ4v) is 5.59. The van der Waals surface area contributed by atoms with Crippen LogP contribution in [0.2, 0.25) is 5.02 Å². The molecule has 9 heteroatoms. The summed E-state index contributed by atoms with van der Waals surface area (Å²) in [6.07, 6.45) is 0.367. The van der Waals surface area contributed by atoms with Crippen LogP contribution in [0.5, 0.6) is 0 Å². The fraction of sp³-hybridized carbons (Fsp3) is 0.310. The average molecular weight is 556 g/mol. The predicted molar refractivity (Wildman–Crippen MR) is 152 cm³/mol. The molecular weight excluding hydrogens is 522 g/mol. The van der Waals surface area contributed by atoms with Gasteiger partial charge in [-0.2, -0.15) is 0 Å². The number of sulfonamides is 1. The van der Waals surface area contributed by atoms with Gasteiger partial charge < -0.3 is 10.2 Å². The van der Waals surface area contributed by atoms with Gasteiger partial charge in [0.25, 0.3) is 10.0 Å². The molecule has 7 nitrogen and oxygen atoms in total. The number of amides is 2. The molecule has 0 unspecified atom stereocenters. The molecule has 3 aromatic rings. The second kappa shape index (κ2) is 12.9. The number of rotatable bonds is 11. The van der Waals surface area contributed by atoms with Gasteiger partial charge in [-0.1, -0.05) is 66.6 Å². The molecule has 2 amide bonds. The lowest BCUT2D eigenvalue weighted by atomic mass is 10.1. The van der Waals surface area contributed by atoms with Crippen molar-refractivity contribution in [1.82, 2.24) is 10.2 Å². The maximum absolute atomic E-state index is 13.9. The highest BCUT2D eigenvalue weighted by Crippen LogP contribution is 2.26. The van der Waals surface area contributed by atoms with Crippen molar-refractivity contribution in [3.05, 3.63) is 95.0 Å². The molecule has 0 aliphatic heterocycles. The van der Waals surface area contributed by atoms with E-state index in [0.717, 1.165) is 15.4 Å². The molecule has 0 spiro atoms. The van der Waals surface area contributed by atoms with Crippen molar-refractivity contribution in [2.75, 3.05) is 10.8 Å². The van der Waals surface area contributed by atoms with Gasteiger partial charge in [-0.3, -0.25) is 13.9 Å². The molecule has 0 heterocycles. The van der Waals surface area contributed by atoms with Crippen LogP contribution in [-0.2, 0) is 26.2 Å². The fourth-order valence-electron chi connectivity index (χ4n) is 4.05. The first kappa shape index (κ1) is 29.2. The van der Waals surface area contributed by atoms with Crippen LogP contribution in [0.3, 0.4) is 0 Å². The van der Waals surface area contributed by atoms with Gasteiger partial charge >= 0.3 is 0 Å². The Labute approximate surface area is 230 Å². The maximum Gasteiger partial charge on any atom is 0.264 e. The minimum absolute atomic E-state index is 0.00877. The SMILES string of the molecule is CC[C@@H](C(=O)NC(C)C)N(Cc1ccccc1)C(=O)CN(c1ccc(C)cc1)S(=O)(=O)c1ccc(Cl)cc1. The highest BCUT2D eigenvalue weighted by atomic mass is 35.5. The van der Waals surface area contributed by atoms with Gasteiger partial charge in [-0.25, -0.2) is 8.42 Å². The Bertz CT molecular complexity index is 1330. The van der Waals surface area contributed by atoms with Crippen LogP contribution in [-0.4, -0.2) is 43.8 Å². The summed E-state index contributed by atoms with van der Waals surface area (Å²) in [5.74, 6) is -0.771. The van der Waals surface area contributed by atoms with Crippen molar-refractivity contribution in [1.29, 1.82) is 0 Å². The van der Waals surface area contributed by atoms with Gasteiger partial charge in [-0.05, 0) is 69.2 Å². The molecule has 0 saturated carbocycles. The van der Waals surface area contributed by atoms with E-state index >= 15 is 0 Å². The van der Waals surface area contributed by atoms with Crippen LogP contribution in [0, 0.1) is 6.92 Å². The summed E-state index contributed by atoms with van der Waals surface area (Å²) in [5.41, 5.74) is 2.13. The lowest BCUT2D eigenvalue weighted by Gasteiger charge is -2.33. The van der Waals surface area contributed by atoms with E-state index in [1.165, 1.54) is 29.2 Å². The summed E-state index contributed by atoms with van der Waals surface area (Å²) >= 11 is 5.99. The van der Waals surface area contributed by atoms with E-state index in [1.807, 2.05) is 58.0 Å². The molecule has 0 saturated heterocycles. The van der Waals surface area contributed by atoms with Crippen molar-refractivity contribution in [3.63, 3.8) is 0 Å². The number of hydrogen-bond donors (Lipinski definition) is 1. The first-order chi connectivity index (χ1) is 18.0. The van der Waals surface area contributed by atoms with E-state index in [1.54, 1.807) is 24.3 Å². The van der Waals surface area contributed by atoms with E-state index in [4.69, 9.17) is 11.6 Å².